The van der Waals surface area contributed by atoms with Gasteiger partial charge in [-0.1, -0.05) is 11.6 Å². The van der Waals surface area contributed by atoms with E-state index in [1.165, 1.54) is 10.7 Å². The quantitative estimate of drug-likeness (QED) is 0.737. The number of carbonyl (C=O) groups excluding carboxylic acids is 1. The number of aryl methyl sites for hydroxylation is 2. The maximum Gasteiger partial charge on any atom is 0.336 e. The van der Waals surface area contributed by atoms with Crippen molar-refractivity contribution in [3.05, 3.63) is 57.2 Å². The van der Waals surface area contributed by atoms with E-state index in [2.05, 4.69) is 10.4 Å². The number of carbonyl (C=O) groups is 1. The van der Waals surface area contributed by atoms with Crippen LogP contribution in [0.4, 0.5) is 5.69 Å². The Morgan fingerprint density at radius 3 is 2.82 bits per heavy atom. The summed E-state index contributed by atoms with van der Waals surface area (Å²) in [7, 11) is 1.68. The highest BCUT2D eigenvalue weighted by Crippen LogP contribution is 2.22. The second-order valence-corrected chi connectivity index (χ2v) is 5.32. The molecule has 0 bridgehead atoms. The first-order valence-electron chi connectivity index (χ1n) is 6.49. The van der Waals surface area contributed by atoms with E-state index in [0.717, 1.165) is 10.9 Å². The van der Waals surface area contributed by atoms with Crippen LogP contribution in [0.25, 0.3) is 11.0 Å². The van der Waals surface area contributed by atoms with Crippen molar-refractivity contribution in [3.8, 4) is 0 Å². The molecular weight excluding hydrogens is 306 g/mol. The third-order valence-corrected chi connectivity index (χ3v) is 3.49. The van der Waals surface area contributed by atoms with Crippen molar-refractivity contribution in [2.24, 2.45) is 7.05 Å². The first-order chi connectivity index (χ1) is 10.4. The molecule has 0 atom stereocenters. The van der Waals surface area contributed by atoms with Crippen LogP contribution in [0.2, 0.25) is 5.02 Å². The molecule has 6 nitrogen and oxygen atoms in total. The number of benzene rings is 1. The second kappa shape index (κ2) is 5.31. The molecule has 0 unspecified atom stereocenters. The zero-order valence-electron chi connectivity index (χ0n) is 11.9. The minimum Gasteiger partial charge on any atom is -0.423 e. The number of hydrogen-bond acceptors (Lipinski definition) is 4. The fraction of sp³-hybridized carbons (Fsp3) is 0.133. The van der Waals surface area contributed by atoms with Gasteiger partial charge in [0, 0.05) is 36.5 Å². The summed E-state index contributed by atoms with van der Waals surface area (Å²) < 4.78 is 6.60. The first-order valence-corrected chi connectivity index (χ1v) is 6.87. The standard InChI is InChI=1S/C15H12ClN3O3/c1-8-5-13(20)22-12-6-9(3-4-10(8)12)17-15(21)14-11(16)7-19(2)18-14/h3-7H,1-2H3,(H,17,21). The number of amides is 1. The molecule has 0 aliphatic heterocycles. The molecule has 22 heavy (non-hydrogen) atoms. The molecule has 1 N–H and O–H groups in total. The van der Waals surface area contributed by atoms with E-state index in [1.54, 1.807) is 31.4 Å². The van der Waals surface area contributed by atoms with Crippen LogP contribution in [-0.4, -0.2) is 15.7 Å². The SMILES string of the molecule is Cc1cc(=O)oc2cc(NC(=O)c3nn(C)cc3Cl)ccc12. The van der Waals surface area contributed by atoms with Gasteiger partial charge in [-0.05, 0) is 24.6 Å². The molecule has 3 rings (SSSR count). The monoisotopic (exact) mass is 317 g/mol. The van der Waals surface area contributed by atoms with Gasteiger partial charge in [-0.2, -0.15) is 5.10 Å². The Hall–Kier alpha value is -2.60. The van der Waals surface area contributed by atoms with Crippen LogP contribution < -0.4 is 10.9 Å². The Morgan fingerprint density at radius 2 is 2.14 bits per heavy atom. The van der Waals surface area contributed by atoms with Gasteiger partial charge < -0.3 is 9.73 Å². The topological polar surface area (TPSA) is 77.1 Å². The Morgan fingerprint density at radius 1 is 1.36 bits per heavy atom. The zero-order valence-corrected chi connectivity index (χ0v) is 12.6. The minimum atomic E-state index is -0.431. The number of rotatable bonds is 2. The molecule has 0 aliphatic carbocycles. The van der Waals surface area contributed by atoms with Gasteiger partial charge in [0.15, 0.2) is 5.69 Å². The van der Waals surface area contributed by atoms with Crippen LogP contribution in [0, 0.1) is 6.92 Å². The highest BCUT2D eigenvalue weighted by Gasteiger charge is 2.15. The van der Waals surface area contributed by atoms with Crippen molar-refractivity contribution < 1.29 is 9.21 Å². The summed E-state index contributed by atoms with van der Waals surface area (Å²) in [5, 5.41) is 7.76. The number of nitrogens with one attached hydrogen (secondary N) is 1. The Bertz CT molecular complexity index is 943. The summed E-state index contributed by atoms with van der Waals surface area (Å²) in [6.45, 7) is 1.82. The zero-order chi connectivity index (χ0) is 15.9. The number of nitrogens with zero attached hydrogens (tertiary/aromatic N) is 2. The normalized spacial score (nSPS) is 10.9. The van der Waals surface area contributed by atoms with Crippen LogP contribution in [0.1, 0.15) is 16.1 Å². The number of fused-ring (bicyclic) bond motifs is 1. The maximum atomic E-state index is 12.2. The fourth-order valence-electron chi connectivity index (χ4n) is 2.21. The average molecular weight is 318 g/mol. The molecule has 3 aromatic rings. The molecule has 112 valence electrons. The third kappa shape index (κ3) is 2.60. The van der Waals surface area contributed by atoms with E-state index in [9.17, 15) is 9.59 Å². The van der Waals surface area contributed by atoms with E-state index in [-0.39, 0.29) is 10.7 Å². The molecule has 0 saturated carbocycles. The molecule has 0 saturated heterocycles. The third-order valence-electron chi connectivity index (χ3n) is 3.21. The summed E-state index contributed by atoms with van der Waals surface area (Å²) >= 11 is 5.94. The number of aromatic nitrogens is 2. The largest absolute Gasteiger partial charge is 0.423 e. The fourth-order valence-corrected chi connectivity index (χ4v) is 2.47. The van der Waals surface area contributed by atoms with Gasteiger partial charge in [0.25, 0.3) is 5.91 Å². The molecule has 2 heterocycles. The lowest BCUT2D eigenvalue weighted by molar-refractivity contribution is 0.102. The van der Waals surface area contributed by atoms with Gasteiger partial charge in [0.1, 0.15) is 5.58 Å². The smallest absolute Gasteiger partial charge is 0.336 e. The molecule has 1 amide bonds. The lowest BCUT2D eigenvalue weighted by atomic mass is 10.1. The van der Waals surface area contributed by atoms with Crippen molar-refractivity contribution in [3.63, 3.8) is 0 Å². The van der Waals surface area contributed by atoms with Gasteiger partial charge in [0.2, 0.25) is 0 Å². The van der Waals surface area contributed by atoms with Gasteiger partial charge in [-0.3, -0.25) is 9.48 Å². The Balaban J connectivity index is 1.96. The molecule has 0 spiro atoms. The van der Waals surface area contributed by atoms with Crippen molar-refractivity contribution in [2.45, 2.75) is 6.92 Å². The number of anilines is 1. The first kappa shape index (κ1) is 14.3. The second-order valence-electron chi connectivity index (χ2n) is 4.91. The molecule has 0 aliphatic rings. The van der Waals surface area contributed by atoms with E-state index in [1.807, 2.05) is 6.92 Å². The number of halogens is 1. The van der Waals surface area contributed by atoms with E-state index in [0.29, 0.717) is 11.3 Å². The molecule has 0 radical (unpaired) electrons. The van der Waals surface area contributed by atoms with Crippen molar-refractivity contribution in [2.75, 3.05) is 5.32 Å². The van der Waals surface area contributed by atoms with E-state index in [4.69, 9.17) is 16.0 Å². The van der Waals surface area contributed by atoms with Crippen LogP contribution in [0.5, 0.6) is 0 Å². The lowest BCUT2D eigenvalue weighted by Crippen LogP contribution is -2.13. The van der Waals surface area contributed by atoms with Crippen LogP contribution in [0.3, 0.4) is 0 Å². The molecule has 0 fully saturated rings. The van der Waals surface area contributed by atoms with Crippen molar-refractivity contribution in [1.29, 1.82) is 0 Å². The summed E-state index contributed by atoms with van der Waals surface area (Å²) in [5.41, 5.74) is 1.43. The summed E-state index contributed by atoms with van der Waals surface area (Å²) in [5.74, 6) is -0.431. The summed E-state index contributed by atoms with van der Waals surface area (Å²) in [6.07, 6.45) is 1.54. The summed E-state index contributed by atoms with van der Waals surface area (Å²) in [4.78, 5) is 23.6. The van der Waals surface area contributed by atoms with Crippen LogP contribution >= 0.6 is 11.6 Å². The van der Waals surface area contributed by atoms with Gasteiger partial charge in [-0.25, -0.2) is 4.79 Å². The molecule has 2 aromatic heterocycles. The van der Waals surface area contributed by atoms with E-state index < -0.39 is 11.5 Å². The number of hydrogen-bond donors (Lipinski definition) is 1. The minimum absolute atomic E-state index is 0.134. The predicted octanol–water partition coefficient (Wildman–Crippen LogP) is 2.74. The van der Waals surface area contributed by atoms with Gasteiger partial charge >= 0.3 is 5.63 Å². The van der Waals surface area contributed by atoms with Gasteiger partial charge in [0.05, 0.1) is 5.02 Å². The molecule has 7 heteroatoms. The predicted molar refractivity (Wildman–Crippen MR) is 83.4 cm³/mol. The van der Waals surface area contributed by atoms with Crippen molar-refractivity contribution >= 4 is 34.2 Å². The highest BCUT2D eigenvalue weighted by molar-refractivity contribution is 6.34. The van der Waals surface area contributed by atoms with Gasteiger partial charge in [-0.15, -0.1) is 0 Å². The van der Waals surface area contributed by atoms with Crippen LogP contribution in [-0.2, 0) is 7.05 Å². The highest BCUT2D eigenvalue weighted by atomic mass is 35.5. The summed E-state index contributed by atoms with van der Waals surface area (Å²) in [6, 6.07) is 6.53. The molecular formula is C15H12ClN3O3. The maximum absolute atomic E-state index is 12.2. The Labute approximate surface area is 130 Å². The average Bonchev–Trinajstić information content (AvgIpc) is 2.77. The van der Waals surface area contributed by atoms with Crippen molar-refractivity contribution in [1.82, 2.24) is 9.78 Å². The Kier molecular flexibility index (Phi) is 3.46. The molecule has 1 aromatic carbocycles. The lowest BCUT2D eigenvalue weighted by Gasteiger charge is -2.06. The van der Waals surface area contributed by atoms with Crippen LogP contribution in [0.15, 0.2) is 39.7 Å². The van der Waals surface area contributed by atoms with E-state index >= 15 is 0 Å².